The molecule has 0 aliphatic rings. The second kappa shape index (κ2) is 7.63. The molecule has 0 saturated carbocycles. The van der Waals surface area contributed by atoms with Gasteiger partial charge in [-0.1, -0.05) is 19.9 Å². The molecule has 0 heterocycles. The Morgan fingerprint density at radius 3 is 2.52 bits per heavy atom. The molecule has 2 N–H and O–H groups in total. The zero-order chi connectivity index (χ0) is 17.6. The van der Waals surface area contributed by atoms with Crippen LogP contribution in [-0.2, 0) is 4.79 Å². The summed E-state index contributed by atoms with van der Waals surface area (Å²) in [6.07, 6.45) is 0. The average Bonchev–Trinajstić information content (AvgIpc) is 2.52. The van der Waals surface area contributed by atoms with Crippen molar-refractivity contribution in [1.29, 1.82) is 5.26 Å². The first kappa shape index (κ1) is 18.5. The van der Waals surface area contributed by atoms with E-state index in [0.717, 1.165) is 0 Å². The van der Waals surface area contributed by atoms with Crippen molar-refractivity contribution in [1.82, 2.24) is 10.2 Å². The molecule has 1 atom stereocenters. The molecule has 1 aromatic carbocycles. The van der Waals surface area contributed by atoms with E-state index in [0.29, 0.717) is 11.3 Å². The van der Waals surface area contributed by atoms with Crippen LogP contribution in [0, 0.1) is 17.2 Å². The smallest absolute Gasteiger partial charge is 0.253 e. The predicted molar refractivity (Wildman–Crippen MR) is 89.9 cm³/mol. The minimum absolute atomic E-state index is 0.00232. The fourth-order valence-electron chi connectivity index (χ4n) is 1.84. The highest BCUT2D eigenvalue weighted by molar-refractivity contribution is 5.95. The first-order chi connectivity index (χ1) is 10.7. The Kier molecular flexibility index (Phi) is 6.14. The minimum atomic E-state index is -0.901. The van der Waals surface area contributed by atoms with Crippen molar-refractivity contribution in [2.24, 2.45) is 5.92 Å². The van der Waals surface area contributed by atoms with Gasteiger partial charge in [0.1, 0.15) is 5.54 Å². The van der Waals surface area contributed by atoms with Crippen molar-refractivity contribution in [2.45, 2.75) is 26.3 Å². The second-order valence-electron chi connectivity index (χ2n) is 6.15. The lowest BCUT2D eigenvalue weighted by molar-refractivity contribution is -0.121. The summed E-state index contributed by atoms with van der Waals surface area (Å²) in [6.45, 7) is 5.50. The van der Waals surface area contributed by atoms with Crippen LogP contribution in [0.15, 0.2) is 24.3 Å². The van der Waals surface area contributed by atoms with E-state index in [1.807, 2.05) is 13.8 Å². The number of hydrogen-bond donors (Lipinski definition) is 2. The van der Waals surface area contributed by atoms with Gasteiger partial charge >= 0.3 is 0 Å². The number of nitrogens with zero attached hydrogens (tertiary/aromatic N) is 2. The third-order valence-corrected chi connectivity index (χ3v) is 3.75. The number of anilines is 1. The maximum absolute atomic E-state index is 12.0. The lowest BCUT2D eigenvalue weighted by atomic mass is 9.90. The molecule has 1 unspecified atom stereocenters. The number of rotatable bonds is 6. The van der Waals surface area contributed by atoms with Crippen molar-refractivity contribution in [3.05, 3.63) is 29.8 Å². The molecule has 0 radical (unpaired) electrons. The average molecular weight is 316 g/mol. The summed E-state index contributed by atoms with van der Waals surface area (Å²) in [5, 5.41) is 14.9. The van der Waals surface area contributed by atoms with Gasteiger partial charge in [-0.05, 0) is 31.0 Å². The third-order valence-electron chi connectivity index (χ3n) is 3.75. The Hall–Kier alpha value is -2.55. The van der Waals surface area contributed by atoms with E-state index < -0.39 is 5.54 Å². The van der Waals surface area contributed by atoms with Crippen LogP contribution >= 0.6 is 0 Å². The zero-order valence-electron chi connectivity index (χ0n) is 14.3. The van der Waals surface area contributed by atoms with Crippen LogP contribution in [0.1, 0.15) is 31.1 Å². The molecule has 0 aliphatic carbocycles. The first-order valence-electron chi connectivity index (χ1n) is 7.47. The number of nitrogens with one attached hydrogen (secondary N) is 2. The molecule has 0 aliphatic heterocycles. The van der Waals surface area contributed by atoms with Gasteiger partial charge in [0.2, 0.25) is 5.91 Å². The molecule has 1 rings (SSSR count). The maximum Gasteiger partial charge on any atom is 0.253 e. The van der Waals surface area contributed by atoms with Crippen molar-refractivity contribution >= 4 is 17.5 Å². The van der Waals surface area contributed by atoms with Gasteiger partial charge in [0.05, 0.1) is 12.6 Å². The number of carbonyl (C=O) groups is 2. The van der Waals surface area contributed by atoms with E-state index in [4.69, 9.17) is 0 Å². The highest BCUT2D eigenvalue weighted by atomic mass is 16.2. The topological polar surface area (TPSA) is 85.2 Å². The van der Waals surface area contributed by atoms with Gasteiger partial charge in [0.25, 0.3) is 5.91 Å². The SMILES string of the molecule is CC(C)C(C)(C#N)NC(=O)CNc1cccc(C(=O)N(C)C)c1. The van der Waals surface area contributed by atoms with E-state index >= 15 is 0 Å². The van der Waals surface area contributed by atoms with Crippen LogP contribution in [0.5, 0.6) is 0 Å². The van der Waals surface area contributed by atoms with Crippen molar-refractivity contribution in [3.8, 4) is 6.07 Å². The van der Waals surface area contributed by atoms with Crippen LogP contribution in [0.25, 0.3) is 0 Å². The summed E-state index contributed by atoms with van der Waals surface area (Å²) in [5.74, 6) is -0.375. The predicted octanol–water partition coefficient (Wildman–Crippen LogP) is 1.85. The quantitative estimate of drug-likeness (QED) is 0.839. The van der Waals surface area contributed by atoms with Gasteiger partial charge in [-0.25, -0.2) is 0 Å². The number of amides is 2. The van der Waals surface area contributed by atoms with Gasteiger partial charge in [0.15, 0.2) is 0 Å². The van der Waals surface area contributed by atoms with Crippen LogP contribution < -0.4 is 10.6 Å². The Morgan fingerprint density at radius 2 is 2.00 bits per heavy atom. The van der Waals surface area contributed by atoms with Crippen molar-refractivity contribution in [2.75, 3.05) is 26.0 Å². The molecule has 6 nitrogen and oxygen atoms in total. The van der Waals surface area contributed by atoms with E-state index in [9.17, 15) is 14.9 Å². The third kappa shape index (κ3) is 4.99. The van der Waals surface area contributed by atoms with Crippen molar-refractivity contribution < 1.29 is 9.59 Å². The summed E-state index contributed by atoms with van der Waals surface area (Å²) < 4.78 is 0. The van der Waals surface area contributed by atoms with E-state index in [1.165, 1.54) is 4.90 Å². The van der Waals surface area contributed by atoms with Gasteiger partial charge in [-0.2, -0.15) is 5.26 Å². The summed E-state index contributed by atoms with van der Waals surface area (Å²) in [7, 11) is 3.37. The molecule has 6 heteroatoms. The maximum atomic E-state index is 12.0. The van der Waals surface area contributed by atoms with Crippen LogP contribution in [0.3, 0.4) is 0 Å². The summed E-state index contributed by atoms with van der Waals surface area (Å²) in [5.41, 5.74) is 0.321. The first-order valence-corrected chi connectivity index (χ1v) is 7.47. The van der Waals surface area contributed by atoms with Crippen LogP contribution in [0.2, 0.25) is 0 Å². The molecule has 0 bridgehead atoms. The molecule has 1 aromatic rings. The fraction of sp³-hybridized carbons (Fsp3) is 0.471. The lowest BCUT2D eigenvalue weighted by Crippen LogP contribution is -2.50. The molecule has 0 spiro atoms. The Balaban J connectivity index is 2.69. The molecular weight excluding hydrogens is 292 g/mol. The van der Waals surface area contributed by atoms with Gasteiger partial charge in [-0.3, -0.25) is 9.59 Å². The Bertz CT molecular complexity index is 619. The number of carbonyl (C=O) groups excluding carboxylic acids is 2. The molecule has 0 fully saturated rings. The summed E-state index contributed by atoms with van der Waals surface area (Å²) in [6, 6.07) is 9.09. The minimum Gasteiger partial charge on any atom is -0.376 e. The fourth-order valence-corrected chi connectivity index (χ4v) is 1.84. The highest BCUT2D eigenvalue weighted by Crippen LogP contribution is 2.15. The lowest BCUT2D eigenvalue weighted by Gasteiger charge is -2.27. The number of benzene rings is 1. The van der Waals surface area contributed by atoms with E-state index in [-0.39, 0.29) is 24.3 Å². The molecule has 2 amide bonds. The van der Waals surface area contributed by atoms with Gasteiger partial charge in [0, 0.05) is 25.3 Å². The summed E-state index contributed by atoms with van der Waals surface area (Å²) in [4.78, 5) is 25.4. The van der Waals surface area contributed by atoms with Gasteiger partial charge in [-0.15, -0.1) is 0 Å². The van der Waals surface area contributed by atoms with Crippen molar-refractivity contribution in [3.63, 3.8) is 0 Å². The Morgan fingerprint density at radius 1 is 1.35 bits per heavy atom. The van der Waals surface area contributed by atoms with E-state index in [1.54, 1.807) is 45.3 Å². The number of hydrogen-bond acceptors (Lipinski definition) is 4. The zero-order valence-corrected chi connectivity index (χ0v) is 14.3. The molecule has 0 saturated heterocycles. The summed E-state index contributed by atoms with van der Waals surface area (Å²) >= 11 is 0. The van der Waals surface area contributed by atoms with Crippen LogP contribution in [0.4, 0.5) is 5.69 Å². The van der Waals surface area contributed by atoms with Gasteiger partial charge < -0.3 is 15.5 Å². The molecule has 124 valence electrons. The molecule has 23 heavy (non-hydrogen) atoms. The van der Waals surface area contributed by atoms with E-state index in [2.05, 4.69) is 16.7 Å². The van der Waals surface area contributed by atoms with Crippen LogP contribution in [-0.4, -0.2) is 42.9 Å². The largest absolute Gasteiger partial charge is 0.376 e. The molecule has 0 aromatic heterocycles. The normalized spacial score (nSPS) is 12.9. The number of nitriles is 1. The standard InChI is InChI=1S/C17H24N4O2/c1-12(2)17(3,11-18)20-15(22)10-19-14-8-6-7-13(9-14)16(23)21(4)5/h6-9,12,19H,10H2,1-5H3,(H,20,22). The highest BCUT2D eigenvalue weighted by Gasteiger charge is 2.29. The second-order valence-corrected chi connectivity index (χ2v) is 6.15. The monoisotopic (exact) mass is 316 g/mol. The Labute approximate surface area is 137 Å². The molecular formula is C17H24N4O2.